The number of hydrogen-bond acceptors (Lipinski definition) is 9. The van der Waals surface area contributed by atoms with Crippen molar-refractivity contribution in [3.05, 3.63) is 12.2 Å². The van der Waals surface area contributed by atoms with Crippen molar-refractivity contribution in [1.29, 1.82) is 0 Å². The summed E-state index contributed by atoms with van der Waals surface area (Å²) in [5, 5.41) is 20.1. The van der Waals surface area contributed by atoms with Crippen LogP contribution in [0.15, 0.2) is 12.2 Å². The van der Waals surface area contributed by atoms with Crippen molar-refractivity contribution in [3.63, 3.8) is 0 Å². The van der Waals surface area contributed by atoms with Gasteiger partial charge in [0.25, 0.3) is 0 Å². The van der Waals surface area contributed by atoms with Crippen LogP contribution in [0.1, 0.15) is 41.5 Å². The highest BCUT2D eigenvalue weighted by Crippen LogP contribution is 1.98. The second kappa shape index (κ2) is 16.6. The largest absolute Gasteiger partial charge is 0.461 e. The number of rotatable bonds is 15. The lowest BCUT2D eigenvalue weighted by Crippen LogP contribution is -2.48. The molecule has 0 aromatic rings. The molecule has 0 saturated carbocycles. The van der Waals surface area contributed by atoms with Gasteiger partial charge in [0.05, 0.1) is 19.1 Å². The molecule has 0 aliphatic heterocycles. The molecule has 0 bridgehead atoms. The zero-order chi connectivity index (χ0) is 26.3. The van der Waals surface area contributed by atoms with Gasteiger partial charge in [-0.1, -0.05) is 27.7 Å². The summed E-state index contributed by atoms with van der Waals surface area (Å²) in [6.45, 7) is 10.0. The molecule has 3 atom stereocenters. The van der Waals surface area contributed by atoms with Crippen molar-refractivity contribution >= 4 is 29.7 Å². The van der Waals surface area contributed by atoms with Crippen molar-refractivity contribution in [1.82, 2.24) is 21.3 Å². The smallest absolute Gasteiger partial charge is 0.331 e. The summed E-state index contributed by atoms with van der Waals surface area (Å²) in [5.74, 6) is -2.93. The van der Waals surface area contributed by atoms with Gasteiger partial charge in [-0.25, -0.2) is 9.59 Å². The van der Waals surface area contributed by atoms with E-state index in [2.05, 4.69) is 21.3 Å². The number of carbonyl (C=O) groups excluding carboxylic acids is 5. The van der Waals surface area contributed by atoms with Crippen LogP contribution in [-0.2, 0) is 33.4 Å². The molecule has 3 amide bonds. The van der Waals surface area contributed by atoms with Crippen LogP contribution in [0.5, 0.6) is 0 Å². The Morgan fingerprint density at radius 2 is 1.18 bits per heavy atom. The van der Waals surface area contributed by atoms with Crippen molar-refractivity contribution in [2.75, 3.05) is 26.3 Å². The van der Waals surface area contributed by atoms with Crippen LogP contribution in [-0.4, -0.2) is 79.4 Å². The molecule has 0 aromatic carbocycles. The fourth-order valence-electron chi connectivity index (χ4n) is 2.16. The first kappa shape index (κ1) is 31.0. The first-order valence-corrected chi connectivity index (χ1v) is 11.2. The SMILES string of the molecule is CC(C)C(=O)N[C@@H](C)C(=O)NCCOC(=O)/C=C/C(=O)OCCNC(=O)[C@H](C)NC(O)C(C)C. The Balaban J connectivity index is 4.03. The molecule has 0 heterocycles. The molecule has 194 valence electrons. The van der Waals surface area contributed by atoms with Crippen molar-refractivity contribution in [3.8, 4) is 0 Å². The van der Waals surface area contributed by atoms with Gasteiger partial charge in [-0.05, 0) is 19.8 Å². The molecule has 0 aliphatic carbocycles. The molecule has 12 nitrogen and oxygen atoms in total. The third-order valence-corrected chi connectivity index (χ3v) is 4.37. The van der Waals surface area contributed by atoms with Crippen LogP contribution in [0.3, 0.4) is 0 Å². The van der Waals surface area contributed by atoms with Gasteiger partial charge >= 0.3 is 11.9 Å². The number of nitrogens with one attached hydrogen (secondary N) is 4. The molecule has 0 saturated heterocycles. The van der Waals surface area contributed by atoms with E-state index in [9.17, 15) is 29.1 Å². The highest BCUT2D eigenvalue weighted by molar-refractivity contribution is 5.91. The molecular weight excluding hydrogens is 448 g/mol. The highest BCUT2D eigenvalue weighted by atomic mass is 16.5. The van der Waals surface area contributed by atoms with E-state index in [1.165, 1.54) is 6.92 Å². The average molecular weight is 487 g/mol. The zero-order valence-electron chi connectivity index (χ0n) is 20.7. The van der Waals surface area contributed by atoms with Crippen LogP contribution in [0.25, 0.3) is 0 Å². The average Bonchev–Trinajstić information content (AvgIpc) is 2.77. The van der Waals surface area contributed by atoms with Crippen LogP contribution in [0.2, 0.25) is 0 Å². The molecule has 34 heavy (non-hydrogen) atoms. The maximum Gasteiger partial charge on any atom is 0.331 e. The van der Waals surface area contributed by atoms with Crippen LogP contribution >= 0.6 is 0 Å². The minimum absolute atomic E-state index is 0.0337. The molecule has 0 spiro atoms. The maximum atomic E-state index is 11.9. The molecule has 12 heteroatoms. The first-order valence-electron chi connectivity index (χ1n) is 11.2. The lowest BCUT2D eigenvalue weighted by Gasteiger charge is -2.21. The summed E-state index contributed by atoms with van der Waals surface area (Å²) in [5.41, 5.74) is 0. The van der Waals surface area contributed by atoms with Crippen molar-refractivity contribution in [2.24, 2.45) is 11.8 Å². The molecule has 0 rings (SSSR count). The second-order valence-corrected chi connectivity index (χ2v) is 8.21. The van der Waals surface area contributed by atoms with Crippen LogP contribution in [0.4, 0.5) is 0 Å². The van der Waals surface area contributed by atoms with Gasteiger partial charge in [-0.15, -0.1) is 0 Å². The fraction of sp³-hybridized carbons (Fsp3) is 0.682. The third-order valence-electron chi connectivity index (χ3n) is 4.37. The summed E-state index contributed by atoms with van der Waals surface area (Å²) >= 11 is 0. The Bertz CT molecular complexity index is 724. The van der Waals surface area contributed by atoms with Gasteiger partial charge in [0.1, 0.15) is 25.5 Å². The Labute approximate surface area is 200 Å². The standard InChI is InChI=1S/C22H38N4O8/c1-13(2)19(29)25-15(5)21(31)23-9-11-33-17(27)7-8-18(28)34-12-10-24-22(32)16(6)26-20(30)14(3)4/h7-8,13-16,19,25,29H,9-12H2,1-6H3,(H,23,31)(H,24,32)(H,26,30)/b8-7+/t15-,16-,19?/m0/s1. The van der Waals surface area contributed by atoms with Crippen LogP contribution < -0.4 is 21.3 Å². The summed E-state index contributed by atoms with van der Waals surface area (Å²) in [4.78, 5) is 58.5. The van der Waals surface area contributed by atoms with Gasteiger partial charge in [-0.2, -0.15) is 0 Å². The predicted molar refractivity (Wildman–Crippen MR) is 123 cm³/mol. The number of aliphatic hydroxyl groups excluding tert-OH is 1. The molecule has 5 N–H and O–H groups in total. The Kier molecular flexibility index (Phi) is 15.1. The lowest BCUT2D eigenvalue weighted by atomic mass is 10.1. The molecule has 0 fully saturated rings. The lowest BCUT2D eigenvalue weighted by molar-refractivity contribution is -0.140. The molecule has 0 aromatic heterocycles. The summed E-state index contributed by atoms with van der Waals surface area (Å²) in [7, 11) is 0. The van der Waals surface area contributed by atoms with E-state index in [1.807, 2.05) is 0 Å². The fourth-order valence-corrected chi connectivity index (χ4v) is 2.16. The van der Waals surface area contributed by atoms with Crippen molar-refractivity contribution < 1.29 is 38.6 Å². The van der Waals surface area contributed by atoms with Gasteiger partial charge < -0.3 is 30.5 Å². The van der Waals surface area contributed by atoms with E-state index in [1.54, 1.807) is 34.6 Å². The zero-order valence-corrected chi connectivity index (χ0v) is 20.7. The topological polar surface area (TPSA) is 172 Å². The molecule has 0 radical (unpaired) electrons. The van der Waals surface area contributed by atoms with E-state index >= 15 is 0 Å². The minimum atomic E-state index is -0.819. The number of aliphatic hydroxyl groups is 1. The van der Waals surface area contributed by atoms with Gasteiger partial charge in [0.2, 0.25) is 17.7 Å². The quantitative estimate of drug-likeness (QED) is 0.0840. The van der Waals surface area contributed by atoms with Gasteiger partial charge in [-0.3, -0.25) is 19.7 Å². The monoisotopic (exact) mass is 486 g/mol. The number of carbonyl (C=O) groups is 5. The van der Waals surface area contributed by atoms with E-state index in [0.717, 1.165) is 12.2 Å². The Hall–Kier alpha value is -2.99. The summed E-state index contributed by atoms with van der Waals surface area (Å²) < 4.78 is 9.72. The molecule has 0 aliphatic rings. The van der Waals surface area contributed by atoms with Crippen LogP contribution in [0, 0.1) is 11.8 Å². The van der Waals surface area contributed by atoms with Gasteiger partial charge in [0.15, 0.2) is 0 Å². The predicted octanol–water partition coefficient (Wildman–Crippen LogP) is -1.03. The van der Waals surface area contributed by atoms with E-state index in [4.69, 9.17) is 9.47 Å². The number of amides is 3. The Morgan fingerprint density at radius 1 is 0.735 bits per heavy atom. The second-order valence-electron chi connectivity index (χ2n) is 8.21. The van der Waals surface area contributed by atoms with E-state index in [-0.39, 0.29) is 50.0 Å². The normalized spacial score (nSPS) is 13.8. The van der Waals surface area contributed by atoms with E-state index < -0.39 is 36.2 Å². The summed E-state index contributed by atoms with van der Waals surface area (Å²) in [6.07, 6.45) is 0.948. The highest BCUT2D eigenvalue weighted by Gasteiger charge is 2.18. The first-order chi connectivity index (χ1) is 15.8. The Morgan fingerprint density at radius 3 is 1.59 bits per heavy atom. The molecular formula is C22H38N4O8. The minimum Gasteiger partial charge on any atom is -0.461 e. The number of ether oxygens (including phenoxy) is 2. The van der Waals surface area contributed by atoms with Gasteiger partial charge in [0, 0.05) is 18.1 Å². The summed E-state index contributed by atoms with van der Waals surface area (Å²) in [6, 6.07) is -1.36. The number of esters is 2. The number of hydrogen-bond donors (Lipinski definition) is 5. The third kappa shape index (κ3) is 14.2. The maximum absolute atomic E-state index is 11.9. The van der Waals surface area contributed by atoms with E-state index in [0.29, 0.717) is 0 Å². The van der Waals surface area contributed by atoms with Crippen molar-refractivity contribution in [2.45, 2.75) is 59.9 Å². The molecule has 1 unspecified atom stereocenters.